The lowest BCUT2D eigenvalue weighted by atomic mass is 10.2. The van der Waals surface area contributed by atoms with Gasteiger partial charge in [-0.25, -0.2) is 16.8 Å². The molecule has 0 amide bonds. The van der Waals surface area contributed by atoms with E-state index in [1.54, 1.807) is 12.1 Å². The van der Waals surface area contributed by atoms with E-state index >= 15 is 0 Å². The second-order valence-electron chi connectivity index (χ2n) is 5.27. The van der Waals surface area contributed by atoms with Gasteiger partial charge in [-0.2, -0.15) is 0 Å². The molecule has 0 saturated carbocycles. The zero-order valence-electron chi connectivity index (χ0n) is 12.3. The van der Waals surface area contributed by atoms with Crippen LogP contribution in [-0.2, 0) is 26.3 Å². The molecule has 2 aromatic carbocycles. The number of hydrogen-bond donors (Lipinski definition) is 1. The normalized spacial score (nSPS) is 14.1. The number of nitrogens with one attached hydrogen (secondary N) is 1. The van der Waals surface area contributed by atoms with Crippen molar-refractivity contribution < 1.29 is 21.6 Å². The minimum absolute atomic E-state index is 0.134. The predicted molar refractivity (Wildman–Crippen MR) is 86.0 cm³/mol. The van der Waals surface area contributed by atoms with Gasteiger partial charge in [0.15, 0.2) is 9.84 Å². The summed E-state index contributed by atoms with van der Waals surface area (Å²) < 4.78 is 55.4. The Labute approximate surface area is 135 Å². The molecule has 8 heteroatoms. The maximum absolute atomic E-state index is 12.4. The van der Waals surface area contributed by atoms with E-state index in [0.29, 0.717) is 24.5 Å². The number of sulfone groups is 1. The summed E-state index contributed by atoms with van der Waals surface area (Å²) in [5, 5.41) is 0. The van der Waals surface area contributed by atoms with Crippen molar-refractivity contribution in [3.05, 3.63) is 48.0 Å². The molecule has 0 saturated heterocycles. The van der Waals surface area contributed by atoms with Crippen molar-refractivity contribution in [1.29, 1.82) is 0 Å². The van der Waals surface area contributed by atoms with Crippen molar-refractivity contribution in [2.24, 2.45) is 0 Å². The summed E-state index contributed by atoms with van der Waals surface area (Å²) in [7, 11) is -7.05. The number of sulfonamides is 1. The number of fused-ring (bicyclic) bond motifs is 1. The van der Waals surface area contributed by atoms with Gasteiger partial charge in [0.1, 0.15) is 5.75 Å². The summed E-state index contributed by atoms with van der Waals surface area (Å²) in [5.41, 5.74) is 1.16. The summed E-state index contributed by atoms with van der Waals surface area (Å²) in [4.78, 5) is 0.282. The number of hydrogen-bond acceptors (Lipinski definition) is 5. The van der Waals surface area contributed by atoms with Gasteiger partial charge in [-0.05, 0) is 48.0 Å². The molecular weight excluding hydrogens is 338 g/mol. The number of anilines is 1. The molecule has 3 rings (SSSR count). The molecule has 0 radical (unpaired) electrons. The second-order valence-corrected chi connectivity index (χ2v) is 8.97. The van der Waals surface area contributed by atoms with Crippen LogP contribution in [0.1, 0.15) is 5.56 Å². The van der Waals surface area contributed by atoms with Crippen LogP contribution in [0.25, 0.3) is 0 Å². The van der Waals surface area contributed by atoms with Crippen molar-refractivity contribution in [3.63, 3.8) is 0 Å². The highest BCUT2D eigenvalue weighted by atomic mass is 32.2. The Kier molecular flexibility index (Phi) is 3.81. The van der Waals surface area contributed by atoms with Crippen LogP contribution in [0.3, 0.4) is 0 Å². The molecule has 0 aliphatic carbocycles. The van der Waals surface area contributed by atoms with Gasteiger partial charge >= 0.3 is 0 Å². The highest BCUT2D eigenvalue weighted by Gasteiger charge is 2.19. The molecular formula is C15H15NO5S2. The Morgan fingerprint density at radius 1 is 0.957 bits per heavy atom. The lowest BCUT2D eigenvalue weighted by Gasteiger charge is -2.09. The first-order valence-electron chi connectivity index (χ1n) is 6.84. The molecule has 0 spiro atoms. The van der Waals surface area contributed by atoms with Crippen LogP contribution in [0, 0.1) is 0 Å². The third-order valence-corrected chi connectivity index (χ3v) is 6.01. The summed E-state index contributed by atoms with van der Waals surface area (Å²) in [6, 6.07) is 10.3. The molecule has 1 N–H and O–H groups in total. The monoisotopic (exact) mass is 353 g/mol. The highest BCUT2D eigenvalue weighted by Crippen LogP contribution is 2.28. The Morgan fingerprint density at radius 2 is 1.61 bits per heavy atom. The fraction of sp³-hybridized carbons (Fsp3) is 0.200. The minimum atomic E-state index is -3.74. The zero-order chi connectivity index (χ0) is 16.7. The van der Waals surface area contributed by atoms with Gasteiger partial charge < -0.3 is 4.74 Å². The van der Waals surface area contributed by atoms with Gasteiger partial charge in [0.2, 0.25) is 0 Å². The molecule has 1 aliphatic heterocycles. The second kappa shape index (κ2) is 5.54. The maximum atomic E-state index is 12.4. The predicted octanol–water partition coefficient (Wildman–Crippen LogP) is 1.83. The average Bonchev–Trinajstić information content (AvgIpc) is 2.93. The van der Waals surface area contributed by atoms with Gasteiger partial charge in [-0.1, -0.05) is 0 Å². The van der Waals surface area contributed by atoms with Crippen LogP contribution in [0.5, 0.6) is 5.75 Å². The van der Waals surface area contributed by atoms with E-state index in [-0.39, 0.29) is 9.79 Å². The van der Waals surface area contributed by atoms with Gasteiger partial charge in [0.05, 0.1) is 16.4 Å². The first-order valence-corrected chi connectivity index (χ1v) is 10.2. The van der Waals surface area contributed by atoms with Gasteiger partial charge in [-0.3, -0.25) is 4.72 Å². The molecule has 6 nitrogen and oxygen atoms in total. The first-order chi connectivity index (χ1) is 10.8. The molecule has 122 valence electrons. The number of benzene rings is 2. The average molecular weight is 353 g/mol. The van der Waals surface area contributed by atoms with Crippen molar-refractivity contribution in [1.82, 2.24) is 0 Å². The summed E-state index contributed by atoms with van der Waals surface area (Å²) in [6.07, 6.45) is 1.78. The SMILES string of the molecule is CS(=O)(=O)c1ccc(NS(=O)(=O)c2ccc3c(c2)CCO3)cc1. The fourth-order valence-corrected chi connectivity index (χ4v) is 4.05. The number of ether oxygens (including phenoxy) is 1. The topological polar surface area (TPSA) is 89.5 Å². The smallest absolute Gasteiger partial charge is 0.261 e. The Hall–Kier alpha value is -2.06. The molecule has 0 bridgehead atoms. The van der Waals surface area contributed by atoms with E-state index in [1.807, 2.05) is 0 Å². The van der Waals surface area contributed by atoms with Crippen molar-refractivity contribution >= 4 is 25.5 Å². The molecule has 0 unspecified atom stereocenters. The van der Waals surface area contributed by atoms with E-state index in [2.05, 4.69) is 4.72 Å². The van der Waals surface area contributed by atoms with Crippen molar-refractivity contribution in [3.8, 4) is 5.75 Å². The molecule has 0 atom stereocenters. The molecule has 2 aromatic rings. The first kappa shape index (κ1) is 15.8. The van der Waals surface area contributed by atoms with Crippen LogP contribution >= 0.6 is 0 Å². The largest absolute Gasteiger partial charge is 0.493 e. The Morgan fingerprint density at radius 3 is 2.26 bits per heavy atom. The molecule has 1 aliphatic rings. The Bertz CT molecular complexity index is 948. The minimum Gasteiger partial charge on any atom is -0.493 e. The number of rotatable bonds is 4. The van der Waals surface area contributed by atoms with Crippen molar-refractivity contribution in [2.45, 2.75) is 16.2 Å². The van der Waals surface area contributed by atoms with Gasteiger partial charge in [-0.15, -0.1) is 0 Å². The van der Waals surface area contributed by atoms with Crippen molar-refractivity contribution in [2.75, 3.05) is 17.6 Å². The Balaban J connectivity index is 1.86. The van der Waals surface area contributed by atoms with E-state index in [9.17, 15) is 16.8 Å². The standard InChI is InChI=1S/C15H15NO5S2/c1-22(17,18)13-4-2-12(3-5-13)16-23(19,20)14-6-7-15-11(10-14)8-9-21-15/h2-7,10,16H,8-9H2,1H3. The summed E-state index contributed by atoms with van der Waals surface area (Å²) in [6.45, 7) is 0.555. The van der Waals surface area contributed by atoms with E-state index in [1.165, 1.54) is 30.3 Å². The molecule has 0 aromatic heterocycles. The van der Waals surface area contributed by atoms with Crippen LogP contribution in [0.2, 0.25) is 0 Å². The van der Waals surface area contributed by atoms with Crippen LogP contribution < -0.4 is 9.46 Å². The molecule has 1 heterocycles. The van der Waals surface area contributed by atoms with E-state index < -0.39 is 19.9 Å². The van der Waals surface area contributed by atoms with Crippen LogP contribution in [0.4, 0.5) is 5.69 Å². The fourth-order valence-electron chi connectivity index (χ4n) is 2.31. The molecule has 23 heavy (non-hydrogen) atoms. The van der Waals surface area contributed by atoms with Gasteiger partial charge in [0.25, 0.3) is 10.0 Å². The van der Waals surface area contributed by atoms with Crippen LogP contribution in [-0.4, -0.2) is 29.7 Å². The maximum Gasteiger partial charge on any atom is 0.261 e. The van der Waals surface area contributed by atoms with Crippen LogP contribution in [0.15, 0.2) is 52.3 Å². The summed E-state index contributed by atoms with van der Waals surface area (Å²) >= 11 is 0. The third-order valence-electron chi connectivity index (χ3n) is 3.51. The lowest BCUT2D eigenvalue weighted by molar-refractivity contribution is 0.356. The van der Waals surface area contributed by atoms with E-state index in [0.717, 1.165) is 11.8 Å². The quantitative estimate of drug-likeness (QED) is 0.906. The summed E-state index contributed by atoms with van der Waals surface area (Å²) in [5.74, 6) is 0.710. The molecule has 0 fully saturated rings. The third kappa shape index (κ3) is 3.32. The lowest BCUT2D eigenvalue weighted by Crippen LogP contribution is -2.13. The highest BCUT2D eigenvalue weighted by molar-refractivity contribution is 7.92. The van der Waals surface area contributed by atoms with Gasteiger partial charge in [0, 0.05) is 18.4 Å². The van der Waals surface area contributed by atoms with E-state index in [4.69, 9.17) is 4.74 Å². The zero-order valence-corrected chi connectivity index (χ0v) is 13.9.